The Bertz CT molecular complexity index is 451. The van der Waals surface area contributed by atoms with E-state index in [9.17, 15) is 4.79 Å². The van der Waals surface area contributed by atoms with Crippen molar-refractivity contribution in [1.29, 1.82) is 0 Å². The smallest absolute Gasteiger partial charge is 0.242 e. The highest BCUT2D eigenvalue weighted by atomic mass is 16.2. The molecule has 6 nitrogen and oxygen atoms in total. The fraction of sp³-hybridized carbons (Fsp3) is 0.750. The Balaban J connectivity index is 2.07. The van der Waals surface area contributed by atoms with Crippen LogP contribution in [0.3, 0.4) is 0 Å². The zero-order chi connectivity index (χ0) is 13.3. The van der Waals surface area contributed by atoms with Gasteiger partial charge in [0.05, 0.1) is 12.1 Å². The maximum absolute atomic E-state index is 12.2. The number of rotatable bonds is 4. The van der Waals surface area contributed by atoms with E-state index in [1.807, 2.05) is 13.8 Å². The lowest BCUT2D eigenvalue weighted by atomic mass is 10.0. The van der Waals surface area contributed by atoms with Gasteiger partial charge in [-0.15, -0.1) is 10.2 Å². The lowest BCUT2D eigenvalue weighted by Gasteiger charge is -2.28. The second-order valence-electron chi connectivity index (χ2n) is 5.32. The van der Waals surface area contributed by atoms with Crippen molar-refractivity contribution in [2.75, 3.05) is 14.1 Å². The summed E-state index contributed by atoms with van der Waals surface area (Å²) in [7, 11) is 3.60. The first-order chi connectivity index (χ1) is 8.45. The number of carbonyl (C=O) groups excluding carboxylic acids is 1. The number of nitrogens with zero attached hydrogens (tertiary/aromatic N) is 4. The Morgan fingerprint density at radius 3 is 2.89 bits per heavy atom. The first-order valence-corrected chi connectivity index (χ1v) is 6.31. The fourth-order valence-electron chi connectivity index (χ4n) is 2.20. The minimum Gasteiger partial charge on any atom is -0.337 e. The number of aromatic nitrogens is 3. The van der Waals surface area contributed by atoms with Crippen molar-refractivity contribution < 1.29 is 4.79 Å². The molecule has 1 N–H and O–H groups in total. The molecule has 1 aromatic heterocycles. The van der Waals surface area contributed by atoms with Crippen LogP contribution in [0, 0.1) is 0 Å². The monoisotopic (exact) mass is 251 g/mol. The van der Waals surface area contributed by atoms with Gasteiger partial charge in [-0.25, -0.2) is 0 Å². The summed E-state index contributed by atoms with van der Waals surface area (Å²) in [6.07, 6.45) is 2.12. The van der Waals surface area contributed by atoms with E-state index < -0.39 is 5.54 Å². The van der Waals surface area contributed by atoms with Crippen molar-refractivity contribution in [2.45, 2.75) is 45.3 Å². The van der Waals surface area contributed by atoms with Gasteiger partial charge in [0.1, 0.15) is 5.82 Å². The molecule has 0 saturated carbocycles. The average molecular weight is 251 g/mol. The highest BCUT2D eigenvalue weighted by Gasteiger charge is 2.29. The summed E-state index contributed by atoms with van der Waals surface area (Å²) in [5, 5.41) is 11.3. The number of nitrogens with one attached hydrogen (secondary N) is 1. The van der Waals surface area contributed by atoms with Gasteiger partial charge in [-0.3, -0.25) is 4.79 Å². The summed E-state index contributed by atoms with van der Waals surface area (Å²) in [4.78, 5) is 13.9. The maximum Gasteiger partial charge on any atom is 0.242 e. The zero-order valence-electron chi connectivity index (χ0n) is 11.5. The highest BCUT2D eigenvalue weighted by molar-refractivity contribution is 5.85. The molecule has 1 aliphatic heterocycles. The lowest BCUT2D eigenvalue weighted by molar-refractivity contribution is -0.136. The summed E-state index contributed by atoms with van der Waals surface area (Å²) in [5.74, 6) is 1.98. The molecule has 1 aromatic rings. The maximum atomic E-state index is 12.2. The van der Waals surface area contributed by atoms with Gasteiger partial charge < -0.3 is 14.8 Å². The van der Waals surface area contributed by atoms with Crippen LogP contribution in [0.15, 0.2) is 0 Å². The summed E-state index contributed by atoms with van der Waals surface area (Å²) in [5.41, 5.74) is -0.553. The Morgan fingerprint density at radius 2 is 2.22 bits per heavy atom. The number of hydrogen-bond donors (Lipinski definition) is 1. The number of amides is 1. The quantitative estimate of drug-likeness (QED) is 0.829. The molecular formula is C12H21N5O. The zero-order valence-corrected chi connectivity index (χ0v) is 11.5. The van der Waals surface area contributed by atoms with E-state index in [0.717, 1.165) is 31.0 Å². The third-order valence-electron chi connectivity index (χ3n) is 3.57. The second kappa shape index (κ2) is 4.68. The predicted octanol–water partition coefficient (Wildman–Crippen LogP) is 0.181. The summed E-state index contributed by atoms with van der Waals surface area (Å²) in [6, 6.07) is 0. The summed E-state index contributed by atoms with van der Waals surface area (Å²) in [6.45, 7) is 5.23. The molecule has 1 amide bonds. The van der Waals surface area contributed by atoms with E-state index in [-0.39, 0.29) is 5.91 Å². The average Bonchev–Trinajstić information content (AvgIpc) is 2.93. The number of carbonyl (C=O) groups is 1. The van der Waals surface area contributed by atoms with Crippen LogP contribution in [-0.2, 0) is 24.3 Å². The molecule has 0 spiro atoms. The molecule has 0 bridgehead atoms. The Labute approximate surface area is 107 Å². The molecular weight excluding hydrogens is 230 g/mol. The van der Waals surface area contributed by atoms with Crippen LogP contribution in [0.4, 0.5) is 0 Å². The topological polar surface area (TPSA) is 63.1 Å². The van der Waals surface area contributed by atoms with Crippen molar-refractivity contribution in [3.8, 4) is 0 Å². The molecule has 0 fully saturated rings. The Morgan fingerprint density at radius 1 is 1.50 bits per heavy atom. The number of hydrogen-bond acceptors (Lipinski definition) is 4. The van der Waals surface area contributed by atoms with Gasteiger partial charge in [-0.1, -0.05) is 0 Å². The van der Waals surface area contributed by atoms with E-state index in [1.54, 1.807) is 19.0 Å². The van der Waals surface area contributed by atoms with E-state index in [4.69, 9.17) is 0 Å². The molecule has 0 aromatic carbocycles. The second-order valence-corrected chi connectivity index (χ2v) is 5.32. The molecule has 0 aliphatic carbocycles. The third kappa shape index (κ3) is 2.25. The molecule has 0 atom stereocenters. The fourth-order valence-corrected chi connectivity index (χ4v) is 2.20. The van der Waals surface area contributed by atoms with Gasteiger partial charge in [0, 0.05) is 20.0 Å². The molecule has 0 unspecified atom stereocenters. The summed E-state index contributed by atoms with van der Waals surface area (Å²) >= 11 is 0. The number of aryl methyl sites for hydroxylation is 1. The van der Waals surface area contributed by atoms with Crippen LogP contribution in [-0.4, -0.2) is 45.2 Å². The van der Waals surface area contributed by atoms with E-state index >= 15 is 0 Å². The minimum atomic E-state index is -0.553. The van der Waals surface area contributed by atoms with Crippen molar-refractivity contribution in [3.05, 3.63) is 11.6 Å². The lowest BCUT2D eigenvalue weighted by Crippen LogP contribution is -2.51. The van der Waals surface area contributed by atoms with Crippen molar-refractivity contribution >= 4 is 5.91 Å². The molecule has 100 valence electrons. The van der Waals surface area contributed by atoms with Gasteiger partial charge in [-0.2, -0.15) is 0 Å². The molecule has 1 aliphatic rings. The van der Waals surface area contributed by atoms with Crippen LogP contribution in [0.2, 0.25) is 0 Å². The standard InChI is InChI=1S/C12H21N5O/c1-12(2,13-3)11(18)16(4)8-10-15-14-9-6-5-7-17(9)10/h13H,5-8H2,1-4H3. The van der Waals surface area contributed by atoms with Crippen molar-refractivity contribution in [3.63, 3.8) is 0 Å². The van der Waals surface area contributed by atoms with E-state index in [2.05, 4.69) is 20.1 Å². The highest BCUT2D eigenvalue weighted by Crippen LogP contribution is 2.16. The first kappa shape index (κ1) is 13.0. The Kier molecular flexibility index (Phi) is 3.38. The molecule has 0 radical (unpaired) electrons. The van der Waals surface area contributed by atoms with Crippen LogP contribution >= 0.6 is 0 Å². The SMILES string of the molecule is CNC(C)(C)C(=O)N(C)Cc1nnc2n1CCC2. The van der Waals surface area contributed by atoms with Gasteiger partial charge in [0.25, 0.3) is 0 Å². The third-order valence-corrected chi connectivity index (χ3v) is 3.57. The van der Waals surface area contributed by atoms with Gasteiger partial charge in [-0.05, 0) is 27.3 Å². The minimum absolute atomic E-state index is 0.0559. The Hall–Kier alpha value is -1.43. The number of fused-ring (bicyclic) bond motifs is 1. The molecule has 2 rings (SSSR count). The van der Waals surface area contributed by atoms with Gasteiger partial charge >= 0.3 is 0 Å². The van der Waals surface area contributed by atoms with Gasteiger partial charge in [0.2, 0.25) is 5.91 Å². The molecule has 18 heavy (non-hydrogen) atoms. The summed E-state index contributed by atoms with van der Waals surface area (Å²) < 4.78 is 2.12. The van der Waals surface area contributed by atoms with Crippen molar-refractivity contribution in [2.24, 2.45) is 0 Å². The normalized spacial score (nSPS) is 14.7. The van der Waals surface area contributed by atoms with Crippen LogP contribution in [0.25, 0.3) is 0 Å². The molecule has 0 saturated heterocycles. The first-order valence-electron chi connectivity index (χ1n) is 6.31. The van der Waals surface area contributed by atoms with E-state index in [0.29, 0.717) is 6.54 Å². The largest absolute Gasteiger partial charge is 0.337 e. The van der Waals surface area contributed by atoms with Gasteiger partial charge in [0.15, 0.2) is 5.82 Å². The van der Waals surface area contributed by atoms with Crippen molar-refractivity contribution in [1.82, 2.24) is 25.0 Å². The van der Waals surface area contributed by atoms with Crippen LogP contribution < -0.4 is 5.32 Å². The molecule has 6 heteroatoms. The number of likely N-dealkylation sites (N-methyl/N-ethyl adjacent to an activating group) is 2. The predicted molar refractivity (Wildman–Crippen MR) is 68.0 cm³/mol. The molecule has 2 heterocycles. The van der Waals surface area contributed by atoms with Crippen LogP contribution in [0.5, 0.6) is 0 Å². The van der Waals surface area contributed by atoms with E-state index in [1.165, 1.54) is 0 Å². The van der Waals surface area contributed by atoms with Crippen LogP contribution in [0.1, 0.15) is 31.9 Å².